The van der Waals surface area contributed by atoms with Crippen molar-refractivity contribution in [3.63, 3.8) is 0 Å². The number of amides is 2. The van der Waals surface area contributed by atoms with Crippen LogP contribution >= 0.6 is 0 Å². The number of carbonyl (C=O) groups excluding carboxylic acids is 2. The lowest BCUT2D eigenvalue weighted by Crippen LogP contribution is -2.67. The molecule has 3 aliphatic heterocycles. The van der Waals surface area contributed by atoms with Crippen molar-refractivity contribution in [3.8, 4) is 0 Å². The predicted molar refractivity (Wildman–Crippen MR) is 110 cm³/mol. The van der Waals surface area contributed by atoms with Crippen LogP contribution < -0.4 is 10.7 Å². The lowest BCUT2D eigenvalue weighted by Gasteiger charge is -2.50. The molecule has 4 rings (SSSR count). The van der Waals surface area contributed by atoms with E-state index in [2.05, 4.69) is 27.7 Å². The third kappa shape index (κ3) is 4.60. The number of rotatable bonds is 6. The lowest BCUT2D eigenvalue weighted by molar-refractivity contribution is -0.153. The summed E-state index contributed by atoms with van der Waals surface area (Å²) >= 11 is 0. The van der Waals surface area contributed by atoms with Crippen molar-refractivity contribution in [1.82, 2.24) is 25.6 Å². The molecule has 29 heavy (non-hydrogen) atoms. The highest BCUT2D eigenvalue weighted by Gasteiger charge is 2.50. The van der Waals surface area contributed by atoms with Gasteiger partial charge in [0.05, 0.1) is 6.10 Å². The molecule has 4 aliphatic rings. The van der Waals surface area contributed by atoms with Gasteiger partial charge in [-0.3, -0.25) is 15.0 Å². The van der Waals surface area contributed by atoms with Crippen molar-refractivity contribution in [2.24, 2.45) is 5.92 Å². The van der Waals surface area contributed by atoms with Crippen LogP contribution in [0.15, 0.2) is 0 Å². The Hall–Kier alpha value is -1.22. The second-order valence-corrected chi connectivity index (χ2v) is 9.23. The van der Waals surface area contributed by atoms with Crippen molar-refractivity contribution in [1.29, 1.82) is 0 Å². The Kier molecular flexibility index (Phi) is 6.73. The Morgan fingerprint density at radius 1 is 1.14 bits per heavy atom. The zero-order valence-corrected chi connectivity index (χ0v) is 17.9. The van der Waals surface area contributed by atoms with Gasteiger partial charge in [0, 0.05) is 57.8 Å². The van der Waals surface area contributed by atoms with E-state index in [4.69, 9.17) is 4.74 Å². The number of hydrazine groups is 1. The van der Waals surface area contributed by atoms with E-state index in [-0.39, 0.29) is 29.8 Å². The van der Waals surface area contributed by atoms with Crippen LogP contribution in [-0.4, -0.2) is 97.7 Å². The van der Waals surface area contributed by atoms with E-state index in [1.165, 1.54) is 0 Å². The van der Waals surface area contributed by atoms with Crippen LogP contribution in [0.5, 0.6) is 0 Å². The van der Waals surface area contributed by atoms with E-state index in [0.717, 1.165) is 64.6 Å². The van der Waals surface area contributed by atoms with Gasteiger partial charge in [-0.1, -0.05) is 0 Å². The highest BCUT2D eigenvalue weighted by atomic mass is 16.5. The molecule has 0 aromatic rings. The summed E-state index contributed by atoms with van der Waals surface area (Å²) in [5.74, 6) is 0.337. The molecule has 0 aromatic heterocycles. The van der Waals surface area contributed by atoms with Gasteiger partial charge in [-0.2, -0.15) is 0 Å². The summed E-state index contributed by atoms with van der Waals surface area (Å²) in [4.78, 5) is 29.6. The summed E-state index contributed by atoms with van der Waals surface area (Å²) in [7, 11) is 4.07. The summed E-state index contributed by atoms with van der Waals surface area (Å²) in [5.41, 5.74) is 3.40. The van der Waals surface area contributed by atoms with Gasteiger partial charge >= 0.3 is 0 Å². The number of piperidine rings is 1. The zero-order chi connectivity index (χ0) is 20.4. The van der Waals surface area contributed by atoms with Crippen molar-refractivity contribution < 1.29 is 14.3 Å². The SMILES string of the molecule is CN1CCC(OCCCNC(=O)C2CCC3C(C2)N(C)C(=O)C2CCNN23)CC1. The van der Waals surface area contributed by atoms with Crippen LogP contribution in [0, 0.1) is 5.92 Å². The predicted octanol–water partition coefficient (Wildman–Crippen LogP) is 0.192. The molecule has 0 bridgehead atoms. The molecule has 4 atom stereocenters. The maximum absolute atomic E-state index is 12.7. The van der Waals surface area contributed by atoms with Gasteiger partial charge in [0.2, 0.25) is 11.8 Å². The number of nitrogens with zero attached hydrogens (tertiary/aromatic N) is 3. The number of likely N-dealkylation sites (tertiary alicyclic amines) is 1. The fraction of sp³-hybridized carbons (Fsp3) is 0.905. The molecule has 3 saturated heterocycles. The standard InChI is InChI=1S/C21H37N5O3/c1-24-11-7-16(8-12-24)29-13-3-9-22-20(27)15-4-5-17-19(14-15)25(2)21(28)18-6-10-23-26(17)18/h15-19,23H,3-14H2,1-2H3,(H,22,27). The van der Waals surface area contributed by atoms with Gasteiger partial charge in [0.25, 0.3) is 0 Å². The Morgan fingerprint density at radius 2 is 1.93 bits per heavy atom. The first kappa shape index (κ1) is 21.0. The molecule has 164 valence electrons. The smallest absolute Gasteiger partial charge is 0.241 e. The minimum atomic E-state index is -0.0174. The van der Waals surface area contributed by atoms with E-state index in [1.54, 1.807) is 0 Å². The molecule has 2 N–H and O–H groups in total. The second-order valence-electron chi connectivity index (χ2n) is 9.23. The van der Waals surface area contributed by atoms with Crippen LogP contribution in [0.25, 0.3) is 0 Å². The average Bonchev–Trinajstić information content (AvgIpc) is 3.23. The van der Waals surface area contributed by atoms with Gasteiger partial charge < -0.3 is 19.9 Å². The molecule has 0 radical (unpaired) electrons. The van der Waals surface area contributed by atoms with E-state index in [9.17, 15) is 9.59 Å². The van der Waals surface area contributed by atoms with E-state index in [0.29, 0.717) is 25.3 Å². The third-order valence-electron chi connectivity index (χ3n) is 7.33. The van der Waals surface area contributed by atoms with Crippen LogP contribution in [0.2, 0.25) is 0 Å². The quantitative estimate of drug-likeness (QED) is 0.613. The van der Waals surface area contributed by atoms with Crippen molar-refractivity contribution in [2.45, 2.75) is 69.2 Å². The minimum Gasteiger partial charge on any atom is -0.378 e. The lowest BCUT2D eigenvalue weighted by atomic mass is 9.79. The van der Waals surface area contributed by atoms with Crippen LogP contribution in [0.4, 0.5) is 0 Å². The maximum atomic E-state index is 12.7. The van der Waals surface area contributed by atoms with E-state index >= 15 is 0 Å². The first-order valence-electron chi connectivity index (χ1n) is 11.4. The highest BCUT2D eigenvalue weighted by molar-refractivity contribution is 5.84. The molecule has 4 fully saturated rings. The molecule has 1 saturated carbocycles. The molecule has 8 heteroatoms. The molecule has 3 heterocycles. The Morgan fingerprint density at radius 3 is 2.72 bits per heavy atom. The van der Waals surface area contributed by atoms with Gasteiger partial charge in [-0.15, -0.1) is 0 Å². The molecular formula is C21H37N5O3. The number of likely N-dealkylation sites (N-methyl/N-ethyl adjacent to an activating group) is 1. The molecule has 2 amide bonds. The minimum absolute atomic E-state index is 0.000420. The summed E-state index contributed by atoms with van der Waals surface area (Å²) in [6.07, 6.45) is 6.94. The monoisotopic (exact) mass is 407 g/mol. The molecule has 0 aromatic carbocycles. The van der Waals surface area contributed by atoms with Crippen molar-refractivity contribution in [2.75, 3.05) is 46.9 Å². The highest BCUT2D eigenvalue weighted by Crippen LogP contribution is 2.36. The number of nitrogens with one attached hydrogen (secondary N) is 2. The fourth-order valence-electron chi connectivity index (χ4n) is 5.51. The normalized spacial score (nSPS) is 34.1. The molecule has 8 nitrogen and oxygen atoms in total. The number of ether oxygens (including phenoxy) is 1. The first-order chi connectivity index (χ1) is 14.0. The molecule has 1 aliphatic carbocycles. The largest absolute Gasteiger partial charge is 0.378 e. The Balaban J connectivity index is 1.18. The third-order valence-corrected chi connectivity index (χ3v) is 7.33. The summed E-state index contributed by atoms with van der Waals surface area (Å²) < 4.78 is 5.96. The van der Waals surface area contributed by atoms with Crippen LogP contribution in [-0.2, 0) is 14.3 Å². The number of piperazine rings is 1. The summed E-state index contributed by atoms with van der Waals surface area (Å²) in [6, 6.07) is 0.440. The van der Waals surface area contributed by atoms with Crippen LogP contribution in [0.3, 0.4) is 0 Å². The summed E-state index contributed by atoms with van der Waals surface area (Å²) in [6.45, 7) is 4.46. The van der Waals surface area contributed by atoms with Gasteiger partial charge in [0.1, 0.15) is 6.04 Å². The second kappa shape index (κ2) is 9.29. The number of carbonyl (C=O) groups is 2. The van der Waals surface area contributed by atoms with Gasteiger partial charge in [-0.25, -0.2) is 5.01 Å². The number of hydrogen-bond acceptors (Lipinski definition) is 6. The fourth-order valence-corrected chi connectivity index (χ4v) is 5.51. The number of fused-ring (bicyclic) bond motifs is 3. The van der Waals surface area contributed by atoms with Crippen molar-refractivity contribution in [3.05, 3.63) is 0 Å². The first-order valence-corrected chi connectivity index (χ1v) is 11.4. The van der Waals surface area contributed by atoms with Crippen LogP contribution in [0.1, 0.15) is 44.9 Å². The molecule has 0 spiro atoms. The summed E-state index contributed by atoms with van der Waals surface area (Å²) in [5, 5.41) is 5.29. The molecule has 4 unspecified atom stereocenters. The van der Waals surface area contributed by atoms with Gasteiger partial charge in [-0.05, 0) is 52.0 Å². The number of hydrogen-bond donors (Lipinski definition) is 2. The zero-order valence-electron chi connectivity index (χ0n) is 17.9. The molecular weight excluding hydrogens is 370 g/mol. The van der Waals surface area contributed by atoms with E-state index < -0.39 is 0 Å². The van der Waals surface area contributed by atoms with Crippen molar-refractivity contribution >= 4 is 11.8 Å². The van der Waals surface area contributed by atoms with E-state index in [1.807, 2.05) is 11.9 Å². The topological polar surface area (TPSA) is 77.1 Å². The van der Waals surface area contributed by atoms with Gasteiger partial charge in [0.15, 0.2) is 0 Å². The maximum Gasteiger partial charge on any atom is 0.241 e. The Bertz CT molecular complexity index is 595. The average molecular weight is 408 g/mol. The Labute approximate surface area is 174 Å².